The molecule has 1 aromatic carbocycles. The lowest BCUT2D eigenvalue weighted by Gasteiger charge is -2.20. The van der Waals surface area contributed by atoms with Crippen LogP contribution in [0.15, 0.2) is 41.2 Å². The average molecular weight is 323 g/mol. The van der Waals surface area contributed by atoms with Gasteiger partial charge in [0.15, 0.2) is 0 Å². The molecule has 0 aliphatic carbocycles. The number of nitrogens with one attached hydrogen (secondary N) is 1. The van der Waals surface area contributed by atoms with E-state index in [0.29, 0.717) is 24.3 Å². The number of rotatable bonds is 5. The van der Waals surface area contributed by atoms with Crippen LogP contribution in [0.3, 0.4) is 0 Å². The van der Waals surface area contributed by atoms with Crippen LogP contribution >= 0.6 is 0 Å². The molecule has 1 N–H and O–H groups in total. The molecule has 0 spiro atoms. The predicted molar refractivity (Wildman–Crippen MR) is 90.1 cm³/mol. The minimum Gasteiger partial charge on any atom is -0.347 e. The number of aryl methyl sites for hydroxylation is 1. The third-order valence-electron chi connectivity index (χ3n) is 4.63. The van der Waals surface area contributed by atoms with Crippen LogP contribution in [0.4, 0.5) is 0 Å². The first-order valence-electron chi connectivity index (χ1n) is 8.48. The lowest BCUT2D eigenvalue weighted by molar-refractivity contribution is 0.207. The molecule has 1 unspecified atom stereocenters. The van der Waals surface area contributed by atoms with E-state index in [9.17, 15) is 0 Å². The van der Waals surface area contributed by atoms with E-state index in [2.05, 4.69) is 56.2 Å². The van der Waals surface area contributed by atoms with Crippen molar-refractivity contribution in [3.05, 3.63) is 53.9 Å². The van der Waals surface area contributed by atoms with Crippen LogP contribution in [0.5, 0.6) is 0 Å². The molecule has 0 bridgehead atoms. The first-order valence-corrected chi connectivity index (χ1v) is 8.48. The Kier molecular flexibility index (Phi) is 4.13. The topological polar surface area (TPSA) is 70.8 Å². The van der Waals surface area contributed by atoms with Crippen molar-refractivity contribution in [2.24, 2.45) is 0 Å². The summed E-state index contributed by atoms with van der Waals surface area (Å²) in [5.74, 6) is 2.33. The molecule has 3 aromatic rings. The molecule has 4 rings (SSSR count). The number of likely N-dealkylation sites (tertiary alicyclic amines) is 1. The van der Waals surface area contributed by atoms with Gasteiger partial charge in [-0.25, -0.2) is 4.98 Å². The SMILES string of the molecule is CCc1ccc(-c2noc(CN3CCCC3c3ncc[nH]3)n2)cc1. The maximum Gasteiger partial charge on any atom is 0.241 e. The van der Waals surface area contributed by atoms with Crippen molar-refractivity contribution in [1.82, 2.24) is 25.0 Å². The normalized spacial score (nSPS) is 18.3. The van der Waals surface area contributed by atoms with E-state index < -0.39 is 0 Å². The van der Waals surface area contributed by atoms with E-state index in [1.54, 1.807) is 6.20 Å². The summed E-state index contributed by atoms with van der Waals surface area (Å²) >= 11 is 0. The summed E-state index contributed by atoms with van der Waals surface area (Å²) in [5, 5.41) is 4.14. The van der Waals surface area contributed by atoms with Gasteiger partial charge in [-0.05, 0) is 31.4 Å². The summed E-state index contributed by atoms with van der Waals surface area (Å²) < 4.78 is 5.47. The van der Waals surface area contributed by atoms with Crippen molar-refractivity contribution in [3.8, 4) is 11.4 Å². The Balaban J connectivity index is 1.48. The second-order valence-electron chi connectivity index (χ2n) is 6.17. The van der Waals surface area contributed by atoms with Crippen LogP contribution in [-0.4, -0.2) is 31.6 Å². The van der Waals surface area contributed by atoms with Crippen LogP contribution in [-0.2, 0) is 13.0 Å². The Hall–Kier alpha value is -2.47. The third-order valence-corrected chi connectivity index (χ3v) is 4.63. The van der Waals surface area contributed by atoms with Gasteiger partial charge in [0.1, 0.15) is 5.82 Å². The van der Waals surface area contributed by atoms with E-state index in [0.717, 1.165) is 37.2 Å². The van der Waals surface area contributed by atoms with Gasteiger partial charge in [0.05, 0.1) is 12.6 Å². The highest BCUT2D eigenvalue weighted by Gasteiger charge is 2.29. The average Bonchev–Trinajstić information content (AvgIpc) is 3.37. The zero-order valence-electron chi connectivity index (χ0n) is 13.8. The highest BCUT2D eigenvalue weighted by atomic mass is 16.5. The molecule has 24 heavy (non-hydrogen) atoms. The Labute approximate surface area is 140 Å². The molecule has 6 heteroatoms. The molecular weight excluding hydrogens is 302 g/mol. The Morgan fingerprint density at radius 3 is 2.92 bits per heavy atom. The smallest absolute Gasteiger partial charge is 0.241 e. The fourth-order valence-corrected chi connectivity index (χ4v) is 3.28. The number of hydrogen-bond acceptors (Lipinski definition) is 5. The number of aromatic nitrogens is 4. The van der Waals surface area contributed by atoms with Gasteiger partial charge in [-0.3, -0.25) is 4.90 Å². The zero-order chi connectivity index (χ0) is 16.4. The van der Waals surface area contributed by atoms with Gasteiger partial charge in [-0.1, -0.05) is 36.3 Å². The molecule has 124 valence electrons. The lowest BCUT2D eigenvalue weighted by Crippen LogP contribution is -2.23. The fraction of sp³-hybridized carbons (Fsp3) is 0.389. The van der Waals surface area contributed by atoms with Crippen molar-refractivity contribution < 1.29 is 4.52 Å². The minimum atomic E-state index is 0.305. The molecule has 1 saturated heterocycles. The highest BCUT2D eigenvalue weighted by Crippen LogP contribution is 2.31. The highest BCUT2D eigenvalue weighted by molar-refractivity contribution is 5.54. The first-order chi connectivity index (χ1) is 11.8. The van der Waals surface area contributed by atoms with Crippen molar-refractivity contribution in [3.63, 3.8) is 0 Å². The molecule has 0 saturated carbocycles. The van der Waals surface area contributed by atoms with E-state index in [-0.39, 0.29) is 0 Å². The van der Waals surface area contributed by atoms with Gasteiger partial charge in [-0.2, -0.15) is 4.98 Å². The first kappa shape index (κ1) is 15.1. The predicted octanol–water partition coefficient (Wildman–Crippen LogP) is 3.36. The largest absolute Gasteiger partial charge is 0.347 e. The van der Waals surface area contributed by atoms with Crippen molar-refractivity contribution >= 4 is 0 Å². The van der Waals surface area contributed by atoms with Crippen LogP contribution < -0.4 is 0 Å². The molecule has 1 aliphatic rings. The number of benzene rings is 1. The number of H-pyrrole nitrogens is 1. The lowest BCUT2D eigenvalue weighted by atomic mass is 10.1. The number of hydrogen-bond donors (Lipinski definition) is 1. The molecule has 2 aromatic heterocycles. The second-order valence-corrected chi connectivity index (χ2v) is 6.17. The van der Waals surface area contributed by atoms with Gasteiger partial charge in [0.2, 0.25) is 11.7 Å². The Bertz CT molecular complexity index is 778. The van der Waals surface area contributed by atoms with Crippen LogP contribution in [0.1, 0.15) is 43.1 Å². The molecule has 0 radical (unpaired) electrons. The summed E-state index contributed by atoms with van der Waals surface area (Å²) in [4.78, 5) is 14.5. The maximum absolute atomic E-state index is 5.47. The van der Waals surface area contributed by atoms with Crippen molar-refractivity contribution in [2.45, 2.75) is 38.8 Å². The van der Waals surface area contributed by atoms with Gasteiger partial charge in [-0.15, -0.1) is 0 Å². The zero-order valence-corrected chi connectivity index (χ0v) is 13.8. The van der Waals surface area contributed by atoms with Crippen molar-refractivity contribution in [2.75, 3.05) is 6.54 Å². The van der Waals surface area contributed by atoms with Gasteiger partial charge in [0, 0.05) is 18.0 Å². The van der Waals surface area contributed by atoms with Gasteiger partial charge < -0.3 is 9.51 Å². The molecular formula is C18H21N5O. The van der Waals surface area contributed by atoms with E-state index in [4.69, 9.17) is 4.52 Å². The molecule has 6 nitrogen and oxygen atoms in total. The number of imidazole rings is 1. The monoisotopic (exact) mass is 323 g/mol. The summed E-state index contributed by atoms with van der Waals surface area (Å²) in [6.45, 7) is 3.83. The van der Waals surface area contributed by atoms with E-state index in [1.807, 2.05) is 6.20 Å². The van der Waals surface area contributed by atoms with E-state index >= 15 is 0 Å². The molecule has 1 aliphatic heterocycles. The number of nitrogens with zero attached hydrogens (tertiary/aromatic N) is 4. The molecule has 3 heterocycles. The number of aromatic amines is 1. The van der Waals surface area contributed by atoms with Crippen LogP contribution in [0.25, 0.3) is 11.4 Å². The second kappa shape index (κ2) is 6.57. The molecule has 1 fully saturated rings. The molecule has 1 atom stereocenters. The standard InChI is InChI=1S/C18H21N5O/c1-2-13-5-7-14(8-6-13)17-21-16(24-22-17)12-23-11-3-4-15(23)18-19-9-10-20-18/h5-10,15H,2-4,11-12H2,1H3,(H,19,20). The third kappa shape index (κ3) is 2.97. The Morgan fingerprint density at radius 2 is 2.17 bits per heavy atom. The summed E-state index contributed by atoms with van der Waals surface area (Å²) in [5.41, 5.74) is 2.30. The molecule has 0 amide bonds. The summed E-state index contributed by atoms with van der Waals surface area (Å²) in [6.07, 6.45) is 6.96. The summed E-state index contributed by atoms with van der Waals surface area (Å²) in [6, 6.07) is 8.63. The summed E-state index contributed by atoms with van der Waals surface area (Å²) in [7, 11) is 0. The van der Waals surface area contributed by atoms with E-state index in [1.165, 1.54) is 5.56 Å². The quantitative estimate of drug-likeness (QED) is 0.779. The van der Waals surface area contributed by atoms with Crippen LogP contribution in [0, 0.1) is 0 Å². The minimum absolute atomic E-state index is 0.305. The fourth-order valence-electron chi connectivity index (χ4n) is 3.28. The van der Waals surface area contributed by atoms with Crippen molar-refractivity contribution in [1.29, 1.82) is 0 Å². The van der Waals surface area contributed by atoms with Crippen LogP contribution in [0.2, 0.25) is 0 Å². The van der Waals surface area contributed by atoms with Gasteiger partial charge in [0.25, 0.3) is 0 Å². The maximum atomic E-state index is 5.47. The van der Waals surface area contributed by atoms with Gasteiger partial charge >= 0.3 is 0 Å². The Morgan fingerprint density at radius 1 is 1.29 bits per heavy atom.